The van der Waals surface area contributed by atoms with Crippen molar-refractivity contribution >= 4 is 28.5 Å². The first-order chi connectivity index (χ1) is 26.3. The van der Waals surface area contributed by atoms with Gasteiger partial charge in [0.05, 0.1) is 42.0 Å². The van der Waals surface area contributed by atoms with Crippen molar-refractivity contribution in [1.29, 1.82) is 0 Å². The summed E-state index contributed by atoms with van der Waals surface area (Å²) in [4.78, 5) is 37.3. The first-order valence-electron chi connectivity index (χ1n) is 19.8. The van der Waals surface area contributed by atoms with Gasteiger partial charge in [-0.15, -0.1) is 0 Å². The normalized spacial score (nSPS) is 25.0. The lowest BCUT2D eigenvalue weighted by atomic mass is 9.84. The Labute approximate surface area is 323 Å². The van der Waals surface area contributed by atoms with Gasteiger partial charge in [-0.1, -0.05) is 26.0 Å². The second-order valence-electron chi connectivity index (χ2n) is 17.0. The van der Waals surface area contributed by atoms with E-state index in [0.717, 1.165) is 88.4 Å². The third-order valence-corrected chi connectivity index (χ3v) is 12.2. The summed E-state index contributed by atoms with van der Waals surface area (Å²) in [6.45, 7) is 13.7. The molecule has 2 unspecified atom stereocenters. The van der Waals surface area contributed by atoms with Crippen LogP contribution in [-0.4, -0.2) is 102 Å². The summed E-state index contributed by atoms with van der Waals surface area (Å²) in [6.07, 6.45) is 3.43. The molecule has 292 valence electrons. The van der Waals surface area contributed by atoms with Gasteiger partial charge in [0.15, 0.2) is 0 Å². The molecule has 2 saturated heterocycles. The molecule has 2 aromatic heterocycles. The number of aromatic nitrogens is 2. The van der Waals surface area contributed by atoms with Crippen molar-refractivity contribution in [3.63, 3.8) is 0 Å². The highest BCUT2D eigenvalue weighted by Crippen LogP contribution is 2.46. The van der Waals surface area contributed by atoms with Gasteiger partial charge in [-0.05, 0) is 105 Å². The van der Waals surface area contributed by atoms with Gasteiger partial charge in [0.2, 0.25) is 0 Å². The molecule has 3 fully saturated rings. The summed E-state index contributed by atoms with van der Waals surface area (Å²) >= 11 is 0. The largest absolute Gasteiger partial charge is 0.508 e. The zero-order valence-corrected chi connectivity index (χ0v) is 33.0. The SMILES string of the molecule is CCn1c(-c2cc(N3CCN(C)CC3)cnc2[C@H](C)OC)c2c3cc(ccc31)-c1cc(O)cc(c1)C[C@H](N)C(=O)N1CC3CC3[C@H](N1)C(=O)OCC(C)(C)C2. The first kappa shape index (κ1) is 37.4. The third kappa shape index (κ3) is 7.21. The summed E-state index contributed by atoms with van der Waals surface area (Å²) in [5, 5.41) is 13.6. The van der Waals surface area contributed by atoms with E-state index in [-0.39, 0.29) is 48.6 Å². The number of phenolic OH excluding ortho intramolecular Hbond substituents is 1. The minimum absolute atomic E-state index is 0.111. The van der Waals surface area contributed by atoms with E-state index in [1.54, 1.807) is 19.2 Å². The van der Waals surface area contributed by atoms with Crippen molar-refractivity contribution in [3.05, 3.63) is 65.5 Å². The van der Waals surface area contributed by atoms with Crippen LogP contribution in [0.15, 0.2) is 48.7 Å². The van der Waals surface area contributed by atoms with Crippen molar-refractivity contribution in [2.75, 3.05) is 58.4 Å². The highest BCUT2D eigenvalue weighted by molar-refractivity contribution is 5.96. The number of aromatic hydroxyl groups is 1. The Morgan fingerprint density at radius 2 is 1.87 bits per heavy atom. The Bertz CT molecular complexity index is 2120. The number of cyclic esters (lactones) is 1. The van der Waals surface area contributed by atoms with Crippen LogP contribution in [0.2, 0.25) is 0 Å². The predicted molar refractivity (Wildman–Crippen MR) is 213 cm³/mol. The molecule has 12 heteroatoms. The highest BCUT2D eigenvalue weighted by atomic mass is 16.5. The summed E-state index contributed by atoms with van der Waals surface area (Å²) < 4.78 is 14.5. The lowest BCUT2D eigenvalue weighted by Gasteiger charge is -2.35. The molecule has 12 nitrogen and oxygen atoms in total. The smallest absolute Gasteiger partial charge is 0.325 e. The second-order valence-corrected chi connectivity index (χ2v) is 17.0. The average Bonchev–Trinajstić information content (AvgIpc) is 3.90. The molecule has 1 saturated carbocycles. The van der Waals surface area contributed by atoms with Crippen LogP contribution in [0.4, 0.5) is 5.69 Å². The lowest BCUT2D eigenvalue weighted by molar-refractivity contribution is -0.155. The minimum atomic E-state index is -0.860. The molecule has 2 aromatic carbocycles. The molecule has 4 aromatic rings. The van der Waals surface area contributed by atoms with E-state index < -0.39 is 17.5 Å². The van der Waals surface area contributed by atoms with E-state index in [1.165, 1.54) is 5.01 Å². The Morgan fingerprint density at radius 1 is 1.09 bits per heavy atom. The molecule has 1 amide bonds. The number of hydrazine groups is 1. The lowest BCUT2D eigenvalue weighted by Crippen LogP contribution is -2.60. The van der Waals surface area contributed by atoms with Gasteiger partial charge in [-0.3, -0.25) is 19.6 Å². The number of anilines is 1. The van der Waals surface area contributed by atoms with Crippen LogP contribution in [0.3, 0.4) is 0 Å². The molecule has 4 aliphatic rings. The second kappa shape index (κ2) is 14.5. The number of nitrogens with two attached hydrogens (primary N) is 1. The van der Waals surface area contributed by atoms with Crippen LogP contribution in [-0.2, 0) is 38.4 Å². The number of nitrogens with zero attached hydrogens (tertiary/aromatic N) is 5. The van der Waals surface area contributed by atoms with Crippen LogP contribution in [0.25, 0.3) is 33.3 Å². The Morgan fingerprint density at radius 3 is 2.62 bits per heavy atom. The molecule has 1 aliphatic carbocycles. The van der Waals surface area contributed by atoms with E-state index in [0.29, 0.717) is 19.5 Å². The quantitative estimate of drug-likeness (QED) is 0.242. The van der Waals surface area contributed by atoms with Crippen LogP contribution in [0.5, 0.6) is 5.75 Å². The standard InChI is InChI=1S/C43H55N7O5/c1-7-49-37-9-8-27-18-33(37)35(40(49)34-20-30(22-45-38(34)25(2)54-6)48-12-10-47(5)11-13-48)21-43(3,4)24-55-42(53)39-32-19-29(32)23-50(46-39)41(52)36(44)16-26-14-28(27)17-31(51)15-26/h8-9,14-15,17-18,20,22,25,29,32,36,39,46,51H,7,10-13,16,19,21,23-24,44H2,1-6H3/t25-,29?,32?,36-,39-/m0/s1. The average molecular weight is 750 g/mol. The van der Waals surface area contributed by atoms with E-state index in [9.17, 15) is 14.7 Å². The fourth-order valence-corrected chi connectivity index (χ4v) is 8.95. The Balaban J connectivity index is 1.31. The van der Waals surface area contributed by atoms with Gasteiger partial charge >= 0.3 is 5.97 Å². The number of amides is 1. The van der Waals surface area contributed by atoms with E-state index in [4.69, 9.17) is 20.2 Å². The number of carbonyl (C=O) groups is 2. The maximum Gasteiger partial charge on any atom is 0.325 e. The number of rotatable bonds is 5. The molecule has 55 heavy (non-hydrogen) atoms. The molecule has 8 rings (SSSR count). The molecule has 5 atom stereocenters. The maximum atomic E-state index is 13.8. The number of ether oxygens (including phenoxy) is 2. The van der Waals surface area contributed by atoms with Crippen LogP contribution in [0, 0.1) is 17.3 Å². The Kier molecular flexibility index (Phi) is 9.90. The fraction of sp³-hybridized carbons (Fsp3) is 0.512. The molecule has 3 aliphatic heterocycles. The van der Waals surface area contributed by atoms with Crippen LogP contribution < -0.4 is 16.1 Å². The van der Waals surface area contributed by atoms with Gasteiger partial charge in [0, 0.05) is 68.3 Å². The molecule has 0 radical (unpaired) electrons. The number of likely N-dealkylation sites (N-methyl/N-ethyl adjacent to an activating group) is 1. The van der Waals surface area contributed by atoms with Crippen molar-refractivity contribution in [2.45, 2.75) is 71.7 Å². The highest BCUT2D eigenvalue weighted by Gasteiger charge is 2.53. The van der Waals surface area contributed by atoms with Gasteiger partial charge in [-0.25, -0.2) is 5.43 Å². The van der Waals surface area contributed by atoms with Crippen LogP contribution in [0.1, 0.15) is 57.0 Å². The number of benzene rings is 2. The van der Waals surface area contributed by atoms with E-state index >= 15 is 0 Å². The fourth-order valence-electron chi connectivity index (χ4n) is 8.95. The molecular formula is C43H55N7O5. The number of pyridine rings is 1. The van der Waals surface area contributed by atoms with Gasteiger partial charge in [0.1, 0.15) is 11.8 Å². The summed E-state index contributed by atoms with van der Waals surface area (Å²) in [5.74, 6) is -0.149. The maximum absolute atomic E-state index is 13.8. The van der Waals surface area contributed by atoms with Crippen LogP contribution >= 0.6 is 0 Å². The molecule has 4 N–H and O–H groups in total. The number of phenols is 1. The molecule has 6 bridgehead atoms. The zero-order valence-electron chi connectivity index (χ0n) is 33.0. The summed E-state index contributed by atoms with van der Waals surface area (Å²) in [5.41, 5.74) is 18.1. The van der Waals surface area contributed by atoms with Crippen molar-refractivity contribution in [2.24, 2.45) is 23.0 Å². The first-order valence-corrected chi connectivity index (χ1v) is 19.8. The summed E-state index contributed by atoms with van der Waals surface area (Å²) in [6, 6.07) is 12.7. The monoisotopic (exact) mass is 749 g/mol. The topological polar surface area (TPSA) is 138 Å². The number of nitrogens with one attached hydrogen (secondary N) is 1. The zero-order chi connectivity index (χ0) is 38.8. The van der Waals surface area contributed by atoms with E-state index in [1.807, 2.05) is 19.2 Å². The number of hydrogen-bond acceptors (Lipinski definition) is 10. The number of piperazine rings is 1. The number of methoxy groups -OCH3 is 1. The number of aryl methyl sites for hydroxylation is 1. The number of fused-ring (bicyclic) bond motifs is 8. The number of hydrogen-bond donors (Lipinski definition) is 3. The number of carbonyl (C=O) groups excluding carboxylic acids is 2. The van der Waals surface area contributed by atoms with Crippen molar-refractivity contribution < 1.29 is 24.2 Å². The Hall–Kier alpha value is -4.49. The van der Waals surface area contributed by atoms with Crippen molar-refractivity contribution in [3.8, 4) is 28.1 Å². The molecule has 5 heterocycles. The van der Waals surface area contributed by atoms with Gasteiger partial charge in [-0.2, -0.15) is 0 Å². The van der Waals surface area contributed by atoms with Gasteiger partial charge in [0.25, 0.3) is 5.91 Å². The molecular weight excluding hydrogens is 695 g/mol. The van der Waals surface area contributed by atoms with Crippen molar-refractivity contribution in [1.82, 2.24) is 24.9 Å². The van der Waals surface area contributed by atoms with E-state index in [2.05, 4.69) is 71.9 Å². The molecule has 0 spiro atoms. The third-order valence-electron chi connectivity index (χ3n) is 12.2. The minimum Gasteiger partial charge on any atom is -0.508 e. The number of esters is 1. The summed E-state index contributed by atoms with van der Waals surface area (Å²) in [7, 11) is 3.88. The predicted octanol–water partition coefficient (Wildman–Crippen LogP) is 4.90. The van der Waals surface area contributed by atoms with Gasteiger partial charge < -0.3 is 34.7 Å².